The van der Waals surface area contributed by atoms with Gasteiger partial charge in [0.1, 0.15) is 0 Å². The number of hydrogen-bond acceptors (Lipinski definition) is 3. The number of hydrogen-bond donors (Lipinski definition) is 0. The molecule has 0 spiro atoms. The normalized spacial score (nSPS) is 12.7. The summed E-state index contributed by atoms with van der Waals surface area (Å²) in [6, 6.07) is 3.50. The SMILES string of the molecule is CCCC(C)(C)c1ccc(S(=O)(=O)CC)cn1. The zero-order valence-electron chi connectivity index (χ0n) is 11.0. The average Bonchev–Trinajstić information content (AvgIpc) is 2.29. The molecule has 0 aliphatic carbocycles. The predicted octanol–water partition coefficient (Wildman–Crippen LogP) is 2.95. The van der Waals surface area contributed by atoms with Gasteiger partial charge in [-0.15, -0.1) is 0 Å². The van der Waals surface area contributed by atoms with Gasteiger partial charge in [-0.25, -0.2) is 8.42 Å². The van der Waals surface area contributed by atoms with Crippen molar-refractivity contribution in [3.05, 3.63) is 24.0 Å². The largest absolute Gasteiger partial charge is 0.259 e. The van der Waals surface area contributed by atoms with Crippen molar-refractivity contribution in [2.24, 2.45) is 0 Å². The molecule has 1 heterocycles. The van der Waals surface area contributed by atoms with Gasteiger partial charge in [0.05, 0.1) is 10.6 Å². The van der Waals surface area contributed by atoms with E-state index in [1.54, 1.807) is 13.0 Å². The van der Waals surface area contributed by atoms with Crippen LogP contribution in [-0.4, -0.2) is 19.2 Å². The van der Waals surface area contributed by atoms with Crippen LogP contribution in [0.15, 0.2) is 23.2 Å². The maximum atomic E-state index is 11.6. The van der Waals surface area contributed by atoms with Gasteiger partial charge in [0.2, 0.25) is 0 Å². The summed E-state index contributed by atoms with van der Waals surface area (Å²) in [6.07, 6.45) is 3.61. The predicted molar refractivity (Wildman–Crippen MR) is 69.9 cm³/mol. The van der Waals surface area contributed by atoms with Gasteiger partial charge < -0.3 is 0 Å². The molecule has 0 saturated carbocycles. The molecule has 96 valence electrons. The van der Waals surface area contributed by atoms with Gasteiger partial charge in [0.25, 0.3) is 0 Å². The lowest BCUT2D eigenvalue weighted by Crippen LogP contribution is -2.18. The Hall–Kier alpha value is -0.900. The van der Waals surface area contributed by atoms with Gasteiger partial charge in [-0.3, -0.25) is 4.98 Å². The number of nitrogens with zero attached hydrogens (tertiary/aromatic N) is 1. The topological polar surface area (TPSA) is 47.0 Å². The molecule has 1 aromatic heterocycles. The Bertz CT molecular complexity index is 461. The second-order valence-electron chi connectivity index (χ2n) is 4.92. The highest BCUT2D eigenvalue weighted by Gasteiger charge is 2.21. The molecule has 1 aromatic rings. The van der Waals surface area contributed by atoms with Gasteiger partial charge in [-0.1, -0.05) is 34.1 Å². The Balaban J connectivity index is 3.04. The first-order valence-corrected chi connectivity index (χ1v) is 7.68. The molecule has 0 saturated heterocycles. The summed E-state index contributed by atoms with van der Waals surface area (Å²) in [7, 11) is -3.14. The van der Waals surface area contributed by atoms with Crippen molar-refractivity contribution in [3.63, 3.8) is 0 Å². The summed E-state index contributed by atoms with van der Waals surface area (Å²) < 4.78 is 23.3. The van der Waals surface area contributed by atoms with E-state index in [2.05, 4.69) is 25.8 Å². The molecule has 0 bridgehead atoms. The zero-order chi connectivity index (χ0) is 13.1. The van der Waals surface area contributed by atoms with Crippen LogP contribution in [-0.2, 0) is 15.3 Å². The zero-order valence-corrected chi connectivity index (χ0v) is 11.8. The van der Waals surface area contributed by atoms with Gasteiger partial charge in [0.15, 0.2) is 9.84 Å². The van der Waals surface area contributed by atoms with Crippen molar-refractivity contribution < 1.29 is 8.42 Å². The molecule has 0 unspecified atom stereocenters. The number of aromatic nitrogens is 1. The van der Waals surface area contributed by atoms with Gasteiger partial charge in [0, 0.05) is 17.3 Å². The summed E-state index contributed by atoms with van der Waals surface area (Å²) in [5.41, 5.74) is 0.956. The monoisotopic (exact) mass is 255 g/mol. The first kappa shape index (κ1) is 14.2. The van der Waals surface area contributed by atoms with Crippen LogP contribution in [0.5, 0.6) is 0 Å². The van der Waals surface area contributed by atoms with Crippen molar-refractivity contribution in [1.82, 2.24) is 4.98 Å². The standard InChI is InChI=1S/C13H21NO2S/c1-5-9-13(3,4)12-8-7-11(10-14-12)17(15,16)6-2/h7-8,10H,5-6,9H2,1-4H3. The van der Waals surface area contributed by atoms with Crippen molar-refractivity contribution in [3.8, 4) is 0 Å². The molecular formula is C13H21NO2S. The highest BCUT2D eigenvalue weighted by molar-refractivity contribution is 7.91. The van der Waals surface area contributed by atoms with E-state index >= 15 is 0 Å². The van der Waals surface area contributed by atoms with Crippen LogP contribution >= 0.6 is 0 Å². The van der Waals surface area contributed by atoms with E-state index in [9.17, 15) is 8.42 Å². The van der Waals surface area contributed by atoms with Crippen LogP contribution in [0.3, 0.4) is 0 Å². The maximum absolute atomic E-state index is 11.6. The highest BCUT2D eigenvalue weighted by Crippen LogP contribution is 2.27. The Morgan fingerprint density at radius 1 is 1.24 bits per heavy atom. The van der Waals surface area contributed by atoms with Crippen LogP contribution in [0, 0.1) is 0 Å². The summed E-state index contributed by atoms with van der Waals surface area (Å²) in [5.74, 6) is 0.117. The Kier molecular flexibility index (Phi) is 4.31. The number of rotatable bonds is 5. The van der Waals surface area contributed by atoms with Crippen molar-refractivity contribution >= 4 is 9.84 Å². The van der Waals surface area contributed by atoms with Crippen LogP contribution in [0.2, 0.25) is 0 Å². The molecule has 0 amide bonds. The van der Waals surface area contributed by atoms with E-state index in [-0.39, 0.29) is 11.2 Å². The minimum Gasteiger partial charge on any atom is -0.259 e. The minimum absolute atomic E-state index is 0.00323. The second-order valence-corrected chi connectivity index (χ2v) is 7.19. The lowest BCUT2D eigenvalue weighted by molar-refractivity contribution is 0.459. The van der Waals surface area contributed by atoms with E-state index in [0.717, 1.165) is 18.5 Å². The molecule has 3 nitrogen and oxygen atoms in total. The Labute approximate surface area is 104 Å². The van der Waals surface area contributed by atoms with Crippen LogP contribution in [0.25, 0.3) is 0 Å². The second kappa shape index (κ2) is 5.17. The molecule has 0 aliphatic rings. The van der Waals surface area contributed by atoms with E-state index in [1.807, 2.05) is 6.07 Å². The lowest BCUT2D eigenvalue weighted by Gasteiger charge is -2.23. The third kappa shape index (κ3) is 3.28. The van der Waals surface area contributed by atoms with Crippen molar-refractivity contribution in [2.45, 2.75) is 50.8 Å². The van der Waals surface area contributed by atoms with E-state index in [4.69, 9.17) is 0 Å². The Morgan fingerprint density at radius 2 is 1.88 bits per heavy atom. The van der Waals surface area contributed by atoms with E-state index in [0.29, 0.717) is 4.90 Å². The molecule has 0 radical (unpaired) electrons. The third-order valence-electron chi connectivity index (χ3n) is 3.04. The molecule has 0 fully saturated rings. The van der Waals surface area contributed by atoms with Crippen LogP contribution in [0.4, 0.5) is 0 Å². The number of pyridine rings is 1. The summed E-state index contributed by atoms with van der Waals surface area (Å²) in [4.78, 5) is 4.62. The van der Waals surface area contributed by atoms with Gasteiger partial charge >= 0.3 is 0 Å². The maximum Gasteiger partial charge on any atom is 0.179 e. The molecule has 4 heteroatoms. The Morgan fingerprint density at radius 3 is 2.29 bits per heavy atom. The fraction of sp³-hybridized carbons (Fsp3) is 0.615. The third-order valence-corrected chi connectivity index (χ3v) is 4.76. The average molecular weight is 255 g/mol. The molecule has 1 rings (SSSR count). The fourth-order valence-electron chi connectivity index (χ4n) is 1.88. The van der Waals surface area contributed by atoms with Crippen molar-refractivity contribution in [1.29, 1.82) is 0 Å². The number of sulfone groups is 1. The van der Waals surface area contributed by atoms with Crippen LogP contribution in [0.1, 0.15) is 46.2 Å². The smallest absolute Gasteiger partial charge is 0.179 e. The first-order valence-electron chi connectivity index (χ1n) is 6.03. The first-order chi connectivity index (χ1) is 7.83. The summed E-state index contributed by atoms with van der Waals surface area (Å²) >= 11 is 0. The molecule has 17 heavy (non-hydrogen) atoms. The highest BCUT2D eigenvalue weighted by atomic mass is 32.2. The fourth-order valence-corrected chi connectivity index (χ4v) is 2.71. The quantitative estimate of drug-likeness (QED) is 0.812. The molecular weight excluding hydrogens is 234 g/mol. The minimum atomic E-state index is -3.14. The van der Waals surface area contributed by atoms with Crippen molar-refractivity contribution in [2.75, 3.05) is 5.75 Å². The molecule has 0 N–H and O–H groups in total. The van der Waals surface area contributed by atoms with Gasteiger partial charge in [-0.05, 0) is 18.6 Å². The summed E-state index contributed by atoms with van der Waals surface area (Å²) in [6.45, 7) is 8.04. The lowest BCUT2D eigenvalue weighted by atomic mass is 9.84. The van der Waals surface area contributed by atoms with Gasteiger partial charge in [-0.2, -0.15) is 0 Å². The molecule has 0 aliphatic heterocycles. The molecule has 0 aromatic carbocycles. The van der Waals surface area contributed by atoms with Crippen LogP contribution < -0.4 is 0 Å². The van der Waals surface area contributed by atoms with E-state index in [1.165, 1.54) is 6.20 Å². The molecule has 0 atom stereocenters. The summed E-state index contributed by atoms with van der Waals surface area (Å²) in [5, 5.41) is 0. The van der Waals surface area contributed by atoms with E-state index < -0.39 is 9.84 Å².